The predicted octanol–water partition coefficient (Wildman–Crippen LogP) is 5.60. The molecule has 0 aromatic carbocycles. The molecule has 0 aliphatic heterocycles. The van der Waals surface area contributed by atoms with Gasteiger partial charge in [0.15, 0.2) is 0 Å². The van der Waals surface area contributed by atoms with Crippen molar-refractivity contribution in [2.45, 2.75) is 163 Å². The molecule has 0 heterocycles. The van der Waals surface area contributed by atoms with Crippen molar-refractivity contribution in [2.24, 2.45) is 0 Å². The Morgan fingerprint density at radius 3 is 0.673 bits per heavy atom. The quantitative estimate of drug-likeness (QED) is 0.0570. The fourth-order valence-electron chi connectivity index (χ4n) is 4.21. The number of methoxy groups -OCH3 is 1. The second-order valence-electron chi connectivity index (χ2n) is 15.0. The molecule has 0 bridgehead atoms. The number of carbonyl (C=O) groups is 1. The lowest BCUT2D eigenvalue weighted by atomic mass is 10.3. The maximum Gasteiger partial charge on any atom is 0.333 e. The van der Waals surface area contributed by atoms with Gasteiger partial charge in [0.25, 0.3) is 0 Å². The summed E-state index contributed by atoms with van der Waals surface area (Å²) in [4.78, 5) is 11.5. The van der Waals surface area contributed by atoms with Crippen LogP contribution in [0.3, 0.4) is 0 Å². The first-order chi connectivity index (χ1) is 25.9. The van der Waals surface area contributed by atoms with Crippen molar-refractivity contribution in [1.29, 1.82) is 0 Å². The third-order valence-electron chi connectivity index (χ3n) is 7.97. The first kappa shape index (κ1) is 53.7. The van der Waals surface area contributed by atoms with Gasteiger partial charge in [-0.15, -0.1) is 0 Å². The number of rotatable bonds is 37. The number of hydrogen-bond acceptors (Lipinski definition) is 14. The smallest absolute Gasteiger partial charge is 0.333 e. The van der Waals surface area contributed by atoms with E-state index in [9.17, 15) is 4.79 Å². The van der Waals surface area contributed by atoms with Gasteiger partial charge in [-0.1, -0.05) is 6.58 Å². The molecular weight excluding hydrogens is 716 g/mol. The maximum absolute atomic E-state index is 11.5. The zero-order chi connectivity index (χ0) is 41.8. The Morgan fingerprint density at radius 2 is 0.509 bits per heavy atom. The second-order valence-corrected chi connectivity index (χ2v) is 15.0. The van der Waals surface area contributed by atoms with E-state index < -0.39 is 5.97 Å². The summed E-state index contributed by atoms with van der Waals surface area (Å²) in [6.07, 6.45) is -1.07. The Hall–Kier alpha value is -1.27. The fourth-order valence-corrected chi connectivity index (χ4v) is 4.21. The van der Waals surface area contributed by atoms with Crippen LogP contribution in [0.2, 0.25) is 0 Å². The Labute approximate surface area is 333 Å². The average molecular weight is 797 g/mol. The van der Waals surface area contributed by atoms with E-state index in [1.54, 1.807) is 14.0 Å². The molecule has 14 nitrogen and oxygen atoms in total. The normalized spacial score (nSPS) is 18.7. The summed E-state index contributed by atoms with van der Waals surface area (Å²) in [6.45, 7) is 33.9. The molecule has 0 aliphatic rings. The molecule has 0 aromatic heterocycles. The number of esters is 1. The predicted molar refractivity (Wildman–Crippen MR) is 212 cm³/mol. The van der Waals surface area contributed by atoms with Crippen molar-refractivity contribution in [3.05, 3.63) is 12.2 Å². The standard InChI is InChI=1S/C41H80O14/c1-28(2)41(42)55-27-40(14)54-26-39(13)53-25-38(12)52-24-37(11)51-23-36(10)50-22-35(9)49-21-34(8)48-20-33(7)47-19-32(6)46-18-31(5)45-17-30(4)44-16-29(3)43-15/h29-40H,1,16-27H2,2-15H3. The third-order valence-corrected chi connectivity index (χ3v) is 7.97. The Kier molecular flexibility index (Phi) is 31.9. The molecule has 12 unspecified atom stereocenters. The Morgan fingerprint density at radius 1 is 0.345 bits per heavy atom. The van der Waals surface area contributed by atoms with E-state index in [0.717, 1.165) is 0 Å². The zero-order valence-electron chi connectivity index (χ0n) is 36.8. The fraction of sp³-hybridized carbons (Fsp3) is 0.927. The van der Waals surface area contributed by atoms with Crippen molar-refractivity contribution in [3.8, 4) is 0 Å². The van der Waals surface area contributed by atoms with Crippen LogP contribution >= 0.6 is 0 Å². The van der Waals surface area contributed by atoms with E-state index in [4.69, 9.17) is 61.6 Å². The summed E-state index contributed by atoms with van der Waals surface area (Å²) >= 11 is 0. The van der Waals surface area contributed by atoms with Gasteiger partial charge in [0.2, 0.25) is 0 Å². The van der Waals surface area contributed by atoms with E-state index in [0.29, 0.717) is 78.2 Å². The van der Waals surface area contributed by atoms with Gasteiger partial charge in [0, 0.05) is 12.7 Å². The van der Waals surface area contributed by atoms with Crippen LogP contribution < -0.4 is 0 Å². The van der Waals surface area contributed by atoms with Crippen LogP contribution in [-0.4, -0.2) is 166 Å². The van der Waals surface area contributed by atoms with Gasteiger partial charge in [-0.05, 0) is 90.0 Å². The Bertz CT molecular complexity index is 941. The summed E-state index contributed by atoms with van der Waals surface area (Å²) in [5.74, 6) is -0.421. The summed E-state index contributed by atoms with van der Waals surface area (Å²) in [7, 11) is 1.67. The van der Waals surface area contributed by atoms with Gasteiger partial charge in [-0.25, -0.2) is 4.79 Å². The van der Waals surface area contributed by atoms with Crippen molar-refractivity contribution in [2.75, 3.05) is 86.4 Å². The van der Waals surface area contributed by atoms with Gasteiger partial charge < -0.3 is 61.6 Å². The lowest BCUT2D eigenvalue weighted by molar-refractivity contribution is -0.144. The van der Waals surface area contributed by atoms with Gasteiger partial charge in [0.05, 0.1) is 146 Å². The first-order valence-electron chi connectivity index (χ1n) is 20.0. The van der Waals surface area contributed by atoms with E-state index in [1.165, 1.54) is 0 Å². The third kappa shape index (κ3) is 32.4. The van der Waals surface area contributed by atoms with Crippen molar-refractivity contribution in [1.82, 2.24) is 0 Å². The summed E-state index contributed by atoms with van der Waals surface area (Å²) in [5, 5.41) is 0. The lowest BCUT2D eigenvalue weighted by Gasteiger charge is -2.23. The summed E-state index contributed by atoms with van der Waals surface area (Å²) < 4.78 is 74.9. The van der Waals surface area contributed by atoms with E-state index in [1.807, 2.05) is 83.1 Å². The molecule has 0 N–H and O–H groups in total. The molecule has 0 aliphatic carbocycles. The molecule has 328 valence electrons. The first-order valence-corrected chi connectivity index (χ1v) is 20.0. The van der Waals surface area contributed by atoms with Crippen molar-refractivity contribution >= 4 is 5.97 Å². The van der Waals surface area contributed by atoms with Crippen molar-refractivity contribution in [3.63, 3.8) is 0 Å². The van der Waals surface area contributed by atoms with Crippen LogP contribution in [0.4, 0.5) is 0 Å². The SMILES string of the molecule is C=C(C)C(=O)OCC(C)OCC(C)OCC(C)OCC(C)OCC(C)OCC(C)OCC(C)OCC(C)OCC(C)OCC(C)OCC(C)OCC(C)OC. The number of ether oxygens (including phenoxy) is 13. The maximum atomic E-state index is 11.5. The highest BCUT2D eigenvalue weighted by Crippen LogP contribution is 2.07. The van der Waals surface area contributed by atoms with Gasteiger partial charge in [-0.2, -0.15) is 0 Å². The van der Waals surface area contributed by atoms with E-state index in [2.05, 4.69) is 6.58 Å². The van der Waals surface area contributed by atoms with Crippen LogP contribution in [-0.2, 0) is 66.4 Å². The minimum Gasteiger partial charge on any atom is -0.460 e. The minimum absolute atomic E-state index is 0.0162. The molecule has 0 radical (unpaired) electrons. The molecule has 0 saturated carbocycles. The largest absolute Gasteiger partial charge is 0.460 e. The molecule has 0 fully saturated rings. The molecule has 55 heavy (non-hydrogen) atoms. The van der Waals surface area contributed by atoms with Gasteiger partial charge in [0.1, 0.15) is 6.61 Å². The summed E-state index contributed by atoms with van der Waals surface area (Å²) in [5.41, 5.74) is 0.362. The summed E-state index contributed by atoms with van der Waals surface area (Å²) in [6, 6.07) is 0. The lowest BCUT2D eigenvalue weighted by Crippen LogP contribution is -2.31. The second kappa shape index (κ2) is 32.7. The average Bonchev–Trinajstić information content (AvgIpc) is 3.16. The van der Waals surface area contributed by atoms with E-state index >= 15 is 0 Å². The van der Waals surface area contributed by atoms with E-state index in [-0.39, 0.29) is 79.9 Å². The van der Waals surface area contributed by atoms with Crippen LogP contribution in [0.15, 0.2) is 12.2 Å². The molecule has 0 rings (SSSR count). The van der Waals surface area contributed by atoms with Crippen LogP contribution in [0.5, 0.6) is 0 Å². The van der Waals surface area contributed by atoms with Crippen molar-refractivity contribution < 1.29 is 66.4 Å². The zero-order valence-corrected chi connectivity index (χ0v) is 36.8. The van der Waals surface area contributed by atoms with Gasteiger partial charge in [-0.3, -0.25) is 0 Å². The molecular formula is C41H80O14. The topological polar surface area (TPSA) is 137 Å². The number of hydrogen-bond donors (Lipinski definition) is 0. The number of carbonyl (C=O) groups excluding carboxylic acids is 1. The monoisotopic (exact) mass is 797 g/mol. The molecule has 0 amide bonds. The molecule has 14 heteroatoms. The van der Waals surface area contributed by atoms with Crippen LogP contribution in [0, 0.1) is 0 Å². The van der Waals surface area contributed by atoms with Gasteiger partial charge >= 0.3 is 5.97 Å². The minimum atomic E-state index is -0.421. The van der Waals surface area contributed by atoms with Crippen LogP contribution in [0.25, 0.3) is 0 Å². The molecule has 0 aromatic rings. The molecule has 12 atom stereocenters. The highest BCUT2D eigenvalue weighted by Gasteiger charge is 2.17. The van der Waals surface area contributed by atoms with Crippen LogP contribution in [0.1, 0.15) is 90.0 Å². The molecule has 0 spiro atoms. The Balaban J connectivity index is 3.97. The highest BCUT2D eigenvalue weighted by atomic mass is 16.6. The molecule has 0 saturated heterocycles. The highest BCUT2D eigenvalue weighted by molar-refractivity contribution is 5.86.